The summed E-state index contributed by atoms with van der Waals surface area (Å²) in [6.45, 7) is 7.28. The van der Waals surface area contributed by atoms with E-state index in [1.165, 1.54) is 0 Å². The molecule has 0 radical (unpaired) electrons. The molecule has 2 aromatic rings. The average Bonchev–Trinajstić information content (AvgIpc) is 2.62. The van der Waals surface area contributed by atoms with Crippen molar-refractivity contribution in [3.8, 4) is 11.5 Å². The van der Waals surface area contributed by atoms with Crippen molar-refractivity contribution in [3.63, 3.8) is 0 Å². The fraction of sp³-hybridized carbons (Fsp3) is 0.300. The zero-order chi connectivity index (χ0) is 18.1. The number of hydrogen-bond acceptors (Lipinski definition) is 4. The zero-order valence-corrected chi connectivity index (χ0v) is 14.9. The van der Waals surface area contributed by atoms with Crippen molar-refractivity contribution in [2.45, 2.75) is 20.8 Å². The van der Waals surface area contributed by atoms with Crippen LogP contribution in [0.5, 0.6) is 11.5 Å². The van der Waals surface area contributed by atoms with Gasteiger partial charge in [0.2, 0.25) is 0 Å². The standard InChI is InChI=1S/C20H24N2O3/c1-4-24-19-12-16(10-11-18(19)25-14-15(2)3)13-21-22-20(23)17-8-6-5-7-9-17/h5-13,15H,4,14H2,1-3H3,(H,22,23). The number of nitrogens with zero attached hydrogens (tertiary/aromatic N) is 1. The largest absolute Gasteiger partial charge is 0.490 e. The van der Waals surface area contributed by atoms with Crippen molar-refractivity contribution in [1.29, 1.82) is 0 Å². The quantitative estimate of drug-likeness (QED) is 0.586. The maximum atomic E-state index is 11.9. The average molecular weight is 340 g/mol. The Hall–Kier alpha value is -2.82. The van der Waals surface area contributed by atoms with E-state index in [1.54, 1.807) is 18.3 Å². The van der Waals surface area contributed by atoms with Gasteiger partial charge in [-0.25, -0.2) is 5.43 Å². The van der Waals surface area contributed by atoms with E-state index in [9.17, 15) is 4.79 Å². The first kappa shape index (κ1) is 18.5. The van der Waals surface area contributed by atoms with Gasteiger partial charge in [-0.3, -0.25) is 4.79 Å². The van der Waals surface area contributed by atoms with Gasteiger partial charge >= 0.3 is 0 Å². The molecule has 5 nitrogen and oxygen atoms in total. The summed E-state index contributed by atoms with van der Waals surface area (Å²) in [7, 11) is 0. The molecule has 0 aliphatic heterocycles. The van der Waals surface area contributed by atoms with Crippen LogP contribution in [0.3, 0.4) is 0 Å². The predicted molar refractivity (Wildman–Crippen MR) is 99.4 cm³/mol. The van der Waals surface area contributed by atoms with Crippen molar-refractivity contribution in [3.05, 3.63) is 59.7 Å². The van der Waals surface area contributed by atoms with Gasteiger partial charge in [0.15, 0.2) is 11.5 Å². The number of amides is 1. The van der Waals surface area contributed by atoms with E-state index in [4.69, 9.17) is 9.47 Å². The van der Waals surface area contributed by atoms with E-state index in [2.05, 4.69) is 24.4 Å². The monoisotopic (exact) mass is 340 g/mol. The number of carbonyl (C=O) groups is 1. The van der Waals surface area contributed by atoms with Crippen LogP contribution in [-0.2, 0) is 0 Å². The highest BCUT2D eigenvalue weighted by Gasteiger charge is 2.07. The lowest BCUT2D eigenvalue weighted by atomic mass is 10.2. The molecule has 132 valence electrons. The lowest BCUT2D eigenvalue weighted by Gasteiger charge is -2.13. The second-order valence-corrected chi connectivity index (χ2v) is 5.91. The molecule has 0 unspecified atom stereocenters. The van der Waals surface area contributed by atoms with E-state index >= 15 is 0 Å². The fourth-order valence-corrected chi connectivity index (χ4v) is 2.07. The summed E-state index contributed by atoms with van der Waals surface area (Å²) in [6, 6.07) is 14.5. The third kappa shape index (κ3) is 5.95. The summed E-state index contributed by atoms with van der Waals surface area (Å²) in [6.07, 6.45) is 1.58. The molecule has 0 aliphatic carbocycles. The van der Waals surface area contributed by atoms with Crippen molar-refractivity contribution >= 4 is 12.1 Å². The van der Waals surface area contributed by atoms with E-state index in [-0.39, 0.29) is 5.91 Å². The summed E-state index contributed by atoms with van der Waals surface area (Å²) in [4.78, 5) is 11.9. The Morgan fingerprint density at radius 1 is 1.12 bits per heavy atom. The van der Waals surface area contributed by atoms with Gasteiger partial charge in [-0.1, -0.05) is 32.0 Å². The summed E-state index contributed by atoms with van der Waals surface area (Å²) in [5.41, 5.74) is 3.89. The SMILES string of the molecule is CCOc1cc(C=NNC(=O)c2ccccc2)ccc1OCC(C)C. The first-order valence-corrected chi connectivity index (χ1v) is 8.38. The van der Waals surface area contributed by atoms with E-state index in [0.717, 1.165) is 5.56 Å². The van der Waals surface area contributed by atoms with E-state index in [1.807, 2.05) is 43.3 Å². The third-order valence-electron chi connectivity index (χ3n) is 3.26. The van der Waals surface area contributed by atoms with Gasteiger partial charge in [0.05, 0.1) is 19.4 Å². The molecule has 0 saturated carbocycles. The minimum Gasteiger partial charge on any atom is -0.490 e. The lowest BCUT2D eigenvalue weighted by Crippen LogP contribution is -2.17. The van der Waals surface area contributed by atoms with Gasteiger partial charge in [-0.2, -0.15) is 5.10 Å². The van der Waals surface area contributed by atoms with Gasteiger partial charge in [0.1, 0.15) is 0 Å². The molecule has 0 aromatic heterocycles. The number of benzene rings is 2. The first-order valence-electron chi connectivity index (χ1n) is 8.38. The molecular weight excluding hydrogens is 316 g/mol. The molecule has 2 aromatic carbocycles. The minimum atomic E-state index is -0.251. The third-order valence-corrected chi connectivity index (χ3v) is 3.26. The fourth-order valence-electron chi connectivity index (χ4n) is 2.07. The molecule has 0 aliphatic rings. The van der Waals surface area contributed by atoms with Crippen LogP contribution in [-0.4, -0.2) is 25.3 Å². The van der Waals surface area contributed by atoms with Crippen LogP contribution in [0.25, 0.3) is 0 Å². The van der Waals surface area contributed by atoms with Crippen LogP contribution < -0.4 is 14.9 Å². The summed E-state index contributed by atoms with van der Waals surface area (Å²) in [5, 5.41) is 4.00. The van der Waals surface area contributed by atoms with Crippen LogP contribution in [0.2, 0.25) is 0 Å². The van der Waals surface area contributed by atoms with E-state index < -0.39 is 0 Å². The molecule has 0 atom stereocenters. The second-order valence-electron chi connectivity index (χ2n) is 5.91. The lowest BCUT2D eigenvalue weighted by molar-refractivity contribution is 0.0955. The molecule has 5 heteroatoms. The Bertz CT molecular complexity index is 712. The number of hydrogen-bond donors (Lipinski definition) is 1. The number of carbonyl (C=O) groups excluding carboxylic acids is 1. The normalized spacial score (nSPS) is 10.9. The molecule has 0 bridgehead atoms. The summed E-state index contributed by atoms with van der Waals surface area (Å²) < 4.78 is 11.4. The van der Waals surface area contributed by atoms with Crippen molar-refractivity contribution in [2.24, 2.45) is 11.0 Å². The first-order chi connectivity index (χ1) is 12.1. The molecule has 2 rings (SSSR count). The van der Waals surface area contributed by atoms with Crippen LogP contribution in [0.4, 0.5) is 0 Å². The van der Waals surface area contributed by atoms with Crippen molar-refractivity contribution in [1.82, 2.24) is 5.43 Å². The van der Waals surface area contributed by atoms with Gasteiger partial charge in [-0.15, -0.1) is 0 Å². The maximum Gasteiger partial charge on any atom is 0.271 e. The molecule has 0 fully saturated rings. The Kier molecular flexibility index (Phi) is 7.01. The molecule has 0 spiro atoms. The van der Waals surface area contributed by atoms with Crippen LogP contribution in [0.15, 0.2) is 53.6 Å². The zero-order valence-electron chi connectivity index (χ0n) is 14.9. The highest BCUT2D eigenvalue weighted by atomic mass is 16.5. The number of rotatable bonds is 8. The Morgan fingerprint density at radius 3 is 2.56 bits per heavy atom. The Balaban J connectivity index is 2.03. The topological polar surface area (TPSA) is 59.9 Å². The Labute approximate surface area is 148 Å². The van der Waals surface area contributed by atoms with Crippen LogP contribution in [0.1, 0.15) is 36.7 Å². The summed E-state index contributed by atoms with van der Waals surface area (Å²) in [5.74, 6) is 1.56. The van der Waals surface area contributed by atoms with Crippen LogP contribution >= 0.6 is 0 Å². The highest BCUT2D eigenvalue weighted by molar-refractivity contribution is 5.94. The number of ether oxygens (including phenoxy) is 2. The molecule has 1 N–H and O–H groups in total. The summed E-state index contributed by atoms with van der Waals surface area (Å²) >= 11 is 0. The molecule has 0 heterocycles. The van der Waals surface area contributed by atoms with Crippen LogP contribution in [0, 0.1) is 5.92 Å². The predicted octanol–water partition coefficient (Wildman–Crippen LogP) is 3.88. The van der Waals surface area contributed by atoms with Crippen molar-refractivity contribution < 1.29 is 14.3 Å². The molecule has 0 saturated heterocycles. The molecular formula is C20H24N2O3. The minimum absolute atomic E-state index is 0.251. The number of nitrogens with one attached hydrogen (secondary N) is 1. The molecule has 1 amide bonds. The van der Waals surface area contributed by atoms with Crippen molar-refractivity contribution in [2.75, 3.05) is 13.2 Å². The van der Waals surface area contributed by atoms with Gasteiger partial charge in [0, 0.05) is 5.56 Å². The highest BCUT2D eigenvalue weighted by Crippen LogP contribution is 2.28. The maximum absolute atomic E-state index is 11.9. The van der Waals surface area contributed by atoms with Gasteiger partial charge in [-0.05, 0) is 48.7 Å². The van der Waals surface area contributed by atoms with Gasteiger partial charge < -0.3 is 9.47 Å². The smallest absolute Gasteiger partial charge is 0.271 e. The second kappa shape index (κ2) is 9.47. The number of hydrazone groups is 1. The van der Waals surface area contributed by atoms with E-state index in [0.29, 0.717) is 36.2 Å². The Morgan fingerprint density at radius 2 is 1.88 bits per heavy atom. The molecule has 25 heavy (non-hydrogen) atoms. The van der Waals surface area contributed by atoms with Gasteiger partial charge in [0.25, 0.3) is 5.91 Å².